The highest BCUT2D eigenvalue weighted by molar-refractivity contribution is 6.14. The number of para-hydroxylation sites is 2. The van der Waals surface area contributed by atoms with Crippen molar-refractivity contribution in [3.8, 4) is 11.1 Å². The average Bonchev–Trinajstić information content (AvgIpc) is 2.93. The molecule has 0 amide bonds. The van der Waals surface area contributed by atoms with Crippen LogP contribution in [-0.2, 0) is 0 Å². The molecule has 0 fully saturated rings. The molecule has 186 valence electrons. The van der Waals surface area contributed by atoms with Crippen LogP contribution in [-0.4, -0.2) is 0 Å². The number of aryl methyl sites for hydroxylation is 4. The molecule has 0 aliphatic heterocycles. The Balaban J connectivity index is 1.68. The van der Waals surface area contributed by atoms with Gasteiger partial charge in [0.15, 0.2) is 0 Å². The van der Waals surface area contributed by atoms with Crippen LogP contribution in [0.2, 0.25) is 0 Å². The predicted molar refractivity (Wildman–Crippen MR) is 165 cm³/mol. The molecule has 0 radical (unpaired) electrons. The van der Waals surface area contributed by atoms with E-state index in [2.05, 4.69) is 148 Å². The normalized spacial score (nSPS) is 11.2. The van der Waals surface area contributed by atoms with Crippen LogP contribution in [0.3, 0.4) is 0 Å². The summed E-state index contributed by atoms with van der Waals surface area (Å²) in [6.07, 6.45) is 0. The first-order valence-electron chi connectivity index (χ1n) is 13.2. The zero-order valence-corrected chi connectivity index (χ0v) is 22.4. The number of hydrogen-bond acceptors (Lipinski definition) is 2. The first kappa shape index (κ1) is 23.8. The summed E-state index contributed by atoms with van der Waals surface area (Å²) in [6, 6.07) is 39.2. The fourth-order valence-electron chi connectivity index (χ4n) is 5.58. The predicted octanol–water partition coefficient (Wildman–Crippen LogP) is 10.4. The molecule has 0 heterocycles. The fourth-order valence-corrected chi connectivity index (χ4v) is 5.58. The second-order valence-corrected chi connectivity index (χ2v) is 10.2. The van der Waals surface area contributed by atoms with E-state index in [0.717, 1.165) is 22.7 Å². The highest BCUT2D eigenvalue weighted by Gasteiger charge is 2.19. The lowest BCUT2D eigenvalue weighted by Gasteiger charge is -2.23. The van der Waals surface area contributed by atoms with Gasteiger partial charge in [0.05, 0.1) is 0 Å². The topological polar surface area (TPSA) is 24.1 Å². The van der Waals surface area contributed by atoms with E-state index in [-0.39, 0.29) is 0 Å². The standard InChI is InChI=1S/C36H32N2/c1-23-11-9-12-24(2)35(23)37-31-21-19-27-15-5-7-17-29(27)33(31)34-30-18-8-6-16-28(30)20-22-32(34)38-36-25(3)13-10-14-26(36)4/h5-22,37-38H,1-4H3. The van der Waals surface area contributed by atoms with Crippen LogP contribution in [0.5, 0.6) is 0 Å². The molecule has 0 aromatic heterocycles. The van der Waals surface area contributed by atoms with Crippen molar-refractivity contribution < 1.29 is 0 Å². The maximum absolute atomic E-state index is 3.85. The molecule has 6 aromatic carbocycles. The summed E-state index contributed by atoms with van der Waals surface area (Å²) < 4.78 is 0. The van der Waals surface area contributed by atoms with E-state index in [1.807, 2.05) is 0 Å². The van der Waals surface area contributed by atoms with Crippen LogP contribution in [0.15, 0.2) is 109 Å². The molecule has 2 nitrogen and oxygen atoms in total. The third kappa shape index (κ3) is 4.18. The molecule has 6 rings (SSSR count). The van der Waals surface area contributed by atoms with Crippen LogP contribution in [0.25, 0.3) is 32.7 Å². The van der Waals surface area contributed by atoms with Crippen molar-refractivity contribution >= 4 is 44.3 Å². The average molecular weight is 493 g/mol. The maximum atomic E-state index is 3.85. The van der Waals surface area contributed by atoms with E-state index < -0.39 is 0 Å². The van der Waals surface area contributed by atoms with Crippen LogP contribution in [0.1, 0.15) is 22.3 Å². The second-order valence-electron chi connectivity index (χ2n) is 10.2. The van der Waals surface area contributed by atoms with E-state index in [0.29, 0.717) is 0 Å². The quantitative estimate of drug-likeness (QED) is 0.250. The van der Waals surface area contributed by atoms with Crippen molar-refractivity contribution in [2.24, 2.45) is 0 Å². The van der Waals surface area contributed by atoms with Crippen molar-refractivity contribution in [2.75, 3.05) is 10.6 Å². The summed E-state index contributed by atoms with van der Waals surface area (Å²) in [4.78, 5) is 0. The molecule has 2 heteroatoms. The molecule has 0 unspecified atom stereocenters. The summed E-state index contributed by atoms with van der Waals surface area (Å²) in [6.45, 7) is 8.67. The molecular weight excluding hydrogens is 460 g/mol. The molecule has 0 spiro atoms. The number of nitrogens with one attached hydrogen (secondary N) is 2. The van der Waals surface area contributed by atoms with Gasteiger partial charge in [0, 0.05) is 33.9 Å². The molecule has 6 aromatic rings. The minimum atomic E-state index is 1.10. The highest BCUT2D eigenvalue weighted by Crippen LogP contribution is 2.45. The zero-order chi connectivity index (χ0) is 26.2. The number of benzene rings is 6. The number of hydrogen-bond donors (Lipinski definition) is 2. The molecule has 0 aliphatic rings. The lowest BCUT2D eigenvalue weighted by Crippen LogP contribution is -2.02. The van der Waals surface area contributed by atoms with Crippen LogP contribution < -0.4 is 10.6 Å². The van der Waals surface area contributed by atoms with Gasteiger partial charge in [-0.15, -0.1) is 0 Å². The van der Waals surface area contributed by atoms with Crippen molar-refractivity contribution in [1.82, 2.24) is 0 Å². The van der Waals surface area contributed by atoms with Crippen LogP contribution in [0, 0.1) is 27.7 Å². The van der Waals surface area contributed by atoms with Gasteiger partial charge in [-0.3, -0.25) is 0 Å². The third-order valence-electron chi connectivity index (χ3n) is 7.59. The van der Waals surface area contributed by atoms with Gasteiger partial charge in [-0.25, -0.2) is 0 Å². The Morgan fingerprint density at radius 3 is 1.13 bits per heavy atom. The van der Waals surface area contributed by atoms with E-state index in [1.165, 1.54) is 54.9 Å². The Bertz CT molecular complexity index is 1640. The third-order valence-corrected chi connectivity index (χ3v) is 7.59. The summed E-state index contributed by atoms with van der Waals surface area (Å²) >= 11 is 0. The number of fused-ring (bicyclic) bond motifs is 2. The molecule has 0 atom stereocenters. The largest absolute Gasteiger partial charge is 0.355 e. The summed E-state index contributed by atoms with van der Waals surface area (Å²) in [5, 5.41) is 12.6. The highest BCUT2D eigenvalue weighted by atomic mass is 14.9. The van der Waals surface area contributed by atoms with Gasteiger partial charge in [0.25, 0.3) is 0 Å². The van der Waals surface area contributed by atoms with E-state index in [1.54, 1.807) is 0 Å². The van der Waals surface area contributed by atoms with E-state index in [9.17, 15) is 0 Å². The number of rotatable bonds is 5. The van der Waals surface area contributed by atoms with E-state index in [4.69, 9.17) is 0 Å². The minimum absolute atomic E-state index is 1.10. The Morgan fingerprint density at radius 2 is 0.737 bits per heavy atom. The van der Waals surface area contributed by atoms with Gasteiger partial charge in [-0.1, -0.05) is 97.1 Å². The zero-order valence-electron chi connectivity index (χ0n) is 22.4. The SMILES string of the molecule is Cc1cccc(C)c1Nc1ccc2ccccc2c1-c1c(Nc2c(C)cccc2C)ccc2ccccc12. The van der Waals surface area contributed by atoms with Gasteiger partial charge in [-0.2, -0.15) is 0 Å². The summed E-state index contributed by atoms with van der Waals surface area (Å²) in [7, 11) is 0. The van der Waals surface area contributed by atoms with Gasteiger partial charge >= 0.3 is 0 Å². The number of anilines is 4. The van der Waals surface area contributed by atoms with Crippen molar-refractivity contribution in [3.63, 3.8) is 0 Å². The first-order valence-corrected chi connectivity index (χ1v) is 13.2. The lowest BCUT2D eigenvalue weighted by molar-refractivity contribution is 1.36. The molecule has 0 bridgehead atoms. The maximum Gasteiger partial charge on any atom is 0.0471 e. The van der Waals surface area contributed by atoms with Crippen LogP contribution in [0.4, 0.5) is 22.7 Å². The monoisotopic (exact) mass is 492 g/mol. The summed E-state index contributed by atoms with van der Waals surface area (Å²) in [5.41, 5.74) is 11.9. The van der Waals surface area contributed by atoms with Crippen molar-refractivity contribution in [1.29, 1.82) is 0 Å². The Kier molecular flexibility index (Phi) is 6.09. The second kappa shape index (κ2) is 9.72. The van der Waals surface area contributed by atoms with Gasteiger partial charge in [0.2, 0.25) is 0 Å². The Hall–Kier alpha value is -4.56. The molecule has 2 N–H and O–H groups in total. The van der Waals surface area contributed by atoms with Gasteiger partial charge in [0.1, 0.15) is 0 Å². The van der Waals surface area contributed by atoms with Gasteiger partial charge < -0.3 is 10.6 Å². The first-order chi connectivity index (χ1) is 18.5. The van der Waals surface area contributed by atoms with Crippen molar-refractivity contribution in [2.45, 2.75) is 27.7 Å². The molecule has 0 saturated heterocycles. The minimum Gasteiger partial charge on any atom is -0.355 e. The molecule has 0 saturated carbocycles. The Morgan fingerprint density at radius 1 is 0.368 bits per heavy atom. The molecular formula is C36H32N2. The summed E-state index contributed by atoms with van der Waals surface area (Å²) in [5.74, 6) is 0. The Labute approximate surface area is 225 Å². The smallest absolute Gasteiger partial charge is 0.0471 e. The molecule has 0 aliphatic carbocycles. The lowest BCUT2D eigenvalue weighted by atomic mass is 9.90. The van der Waals surface area contributed by atoms with E-state index >= 15 is 0 Å². The van der Waals surface area contributed by atoms with Gasteiger partial charge in [-0.05, 0) is 83.6 Å². The fraction of sp³-hybridized carbons (Fsp3) is 0.111. The molecule has 38 heavy (non-hydrogen) atoms. The van der Waals surface area contributed by atoms with Crippen LogP contribution >= 0.6 is 0 Å². The van der Waals surface area contributed by atoms with Crippen molar-refractivity contribution in [3.05, 3.63) is 131 Å².